The molecule has 1 aliphatic carbocycles. The number of hydrogen-bond donors (Lipinski definition) is 1. The van der Waals surface area contributed by atoms with Crippen molar-refractivity contribution in [3.8, 4) is 0 Å². The van der Waals surface area contributed by atoms with E-state index in [9.17, 15) is 9.59 Å². The summed E-state index contributed by atoms with van der Waals surface area (Å²) in [5.74, 6) is -0.461. The van der Waals surface area contributed by atoms with Gasteiger partial charge in [0.2, 0.25) is 5.91 Å². The van der Waals surface area contributed by atoms with Crippen molar-refractivity contribution in [1.29, 1.82) is 0 Å². The maximum atomic E-state index is 13.3. The number of likely N-dealkylation sites (N-methyl/N-ethyl adjacent to an activating group) is 1. The molecule has 3 fully saturated rings. The van der Waals surface area contributed by atoms with Crippen LogP contribution in [0.1, 0.15) is 25.7 Å². The Hall–Kier alpha value is -1.48. The minimum atomic E-state index is -0.461. The number of nitrogens with one attached hydrogen (secondary N) is 1. The lowest BCUT2D eigenvalue weighted by molar-refractivity contribution is -0.202. The van der Waals surface area contributed by atoms with Crippen LogP contribution in [0, 0.1) is 11.8 Å². The van der Waals surface area contributed by atoms with Gasteiger partial charge in [-0.15, -0.1) is 6.58 Å². The Morgan fingerprint density at radius 3 is 2.69 bits per heavy atom. The Labute approximate surface area is 174 Å². The van der Waals surface area contributed by atoms with Crippen LogP contribution in [-0.2, 0) is 14.3 Å². The summed E-state index contributed by atoms with van der Waals surface area (Å²) in [5, 5.41) is 2.85. The van der Waals surface area contributed by atoms with Crippen LogP contribution in [0.4, 0.5) is 4.79 Å². The van der Waals surface area contributed by atoms with E-state index in [1.54, 1.807) is 6.08 Å². The van der Waals surface area contributed by atoms with Gasteiger partial charge < -0.3 is 24.6 Å². The first-order valence-electron chi connectivity index (χ1n) is 10.7. The van der Waals surface area contributed by atoms with Crippen LogP contribution in [0.3, 0.4) is 0 Å². The van der Waals surface area contributed by atoms with Crippen LogP contribution in [0.25, 0.3) is 0 Å². The second-order valence-corrected chi connectivity index (χ2v) is 8.82. The predicted octanol–water partition coefficient (Wildman–Crippen LogP) is 1.14. The molecule has 1 spiro atoms. The van der Waals surface area contributed by atoms with Crippen molar-refractivity contribution < 1.29 is 19.1 Å². The second-order valence-electron chi connectivity index (χ2n) is 8.82. The topological polar surface area (TPSA) is 74.4 Å². The average molecular weight is 409 g/mol. The van der Waals surface area contributed by atoms with Gasteiger partial charge in [-0.25, -0.2) is 4.79 Å². The molecule has 2 saturated heterocycles. The molecule has 8 nitrogen and oxygen atoms in total. The summed E-state index contributed by atoms with van der Waals surface area (Å²) in [6.07, 6.45) is 5.12. The number of piperidine rings is 1. The lowest BCUT2D eigenvalue weighted by Crippen LogP contribution is -2.57. The Bertz CT molecular complexity index is 605. The Morgan fingerprint density at radius 2 is 2.03 bits per heavy atom. The van der Waals surface area contributed by atoms with Crippen LogP contribution in [-0.4, -0.2) is 99.0 Å². The summed E-state index contributed by atoms with van der Waals surface area (Å²) in [4.78, 5) is 31.5. The van der Waals surface area contributed by atoms with Gasteiger partial charge in [-0.2, -0.15) is 0 Å². The van der Waals surface area contributed by atoms with Crippen molar-refractivity contribution in [3.63, 3.8) is 0 Å². The molecule has 2 aliphatic heterocycles. The highest BCUT2D eigenvalue weighted by atomic mass is 16.7. The minimum absolute atomic E-state index is 0.120. The first kappa shape index (κ1) is 22.2. The number of imide groups is 1. The number of fused-ring (bicyclic) bond motifs is 1. The van der Waals surface area contributed by atoms with Crippen molar-refractivity contribution in [2.45, 2.75) is 37.5 Å². The van der Waals surface area contributed by atoms with E-state index >= 15 is 0 Å². The molecule has 164 valence electrons. The summed E-state index contributed by atoms with van der Waals surface area (Å²) in [6, 6.07) is 0.100. The van der Waals surface area contributed by atoms with Crippen LogP contribution >= 0.6 is 0 Å². The van der Waals surface area contributed by atoms with Gasteiger partial charge in [0.25, 0.3) is 0 Å². The third-order valence-electron chi connectivity index (χ3n) is 6.42. The number of nitrogens with zero attached hydrogens (tertiary/aromatic N) is 3. The van der Waals surface area contributed by atoms with Gasteiger partial charge in [-0.3, -0.25) is 9.69 Å². The molecule has 0 aromatic heterocycles. The van der Waals surface area contributed by atoms with E-state index in [1.807, 2.05) is 19.0 Å². The molecule has 2 heterocycles. The van der Waals surface area contributed by atoms with Crippen molar-refractivity contribution in [2.75, 3.05) is 60.5 Å². The number of ether oxygens (including phenoxy) is 2. The summed E-state index contributed by atoms with van der Waals surface area (Å²) in [5.41, 5.74) is 0. The fraction of sp³-hybridized carbons (Fsp3) is 0.810. The highest BCUT2D eigenvalue weighted by Crippen LogP contribution is 2.45. The number of rotatable bonds is 6. The smallest absolute Gasteiger partial charge is 0.324 e. The molecule has 1 N–H and O–H groups in total. The number of carbonyl (C=O) groups is 2. The lowest BCUT2D eigenvalue weighted by atomic mass is 9.72. The third kappa shape index (κ3) is 5.17. The van der Waals surface area contributed by atoms with Crippen LogP contribution in [0.5, 0.6) is 0 Å². The van der Waals surface area contributed by atoms with Crippen molar-refractivity contribution in [2.24, 2.45) is 11.8 Å². The Morgan fingerprint density at radius 1 is 1.31 bits per heavy atom. The summed E-state index contributed by atoms with van der Waals surface area (Å²) in [6.45, 7) is 7.13. The van der Waals surface area contributed by atoms with Crippen molar-refractivity contribution in [1.82, 2.24) is 20.0 Å². The Balaban J connectivity index is 1.64. The Kier molecular flexibility index (Phi) is 7.32. The molecule has 29 heavy (non-hydrogen) atoms. The number of amides is 3. The zero-order valence-corrected chi connectivity index (χ0v) is 18.1. The van der Waals surface area contributed by atoms with E-state index in [0.29, 0.717) is 38.3 Å². The molecule has 3 amide bonds. The molecular weight excluding hydrogens is 372 g/mol. The number of hydrogen-bond acceptors (Lipinski definition) is 6. The quantitative estimate of drug-likeness (QED) is 0.665. The standard InChI is InChI=1S/C21H36N4O4/c1-5-9-25(20(27)22-8-10-23(2)3)19(26)17-13-16-14-21(28-11-12-29-21)7-6-18(16)24(4)15-17/h5,16-18H,1,6-15H2,2-4H3,(H,22,27)/t16-,17-,18-/m1/s1. The van der Waals surface area contributed by atoms with Crippen LogP contribution in [0.15, 0.2) is 12.7 Å². The van der Waals surface area contributed by atoms with E-state index in [1.165, 1.54) is 4.90 Å². The molecule has 0 bridgehead atoms. The highest BCUT2D eigenvalue weighted by molar-refractivity contribution is 5.96. The van der Waals surface area contributed by atoms with E-state index in [0.717, 1.165) is 32.2 Å². The van der Waals surface area contributed by atoms with Gasteiger partial charge in [0.05, 0.1) is 19.1 Å². The maximum absolute atomic E-state index is 13.3. The SMILES string of the molecule is C=CCN(C(=O)NCCN(C)C)C(=O)[C@@H]1C[C@@H]2CC3(CC[C@H]2N(C)C1)OCCO3. The van der Waals surface area contributed by atoms with Gasteiger partial charge in [0.15, 0.2) is 5.79 Å². The zero-order valence-electron chi connectivity index (χ0n) is 18.1. The third-order valence-corrected chi connectivity index (χ3v) is 6.42. The van der Waals surface area contributed by atoms with E-state index in [2.05, 4.69) is 23.8 Å². The number of carbonyl (C=O) groups excluding carboxylic acids is 2. The fourth-order valence-corrected chi connectivity index (χ4v) is 5.03. The van der Waals surface area contributed by atoms with E-state index in [-0.39, 0.29) is 24.4 Å². The summed E-state index contributed by atoms with van der Waals surface area (Å²) >= 11 is 0. The highest BCUT2D eigenvalue weighted by Gasteiger charge is 2.49. The van der Waals surface area contributed by atoms with Gasteiger partial charge in [0.1, 0.15) is 0 Å². The first-order chi connectivity index (χ1) is 13.8. The van der Waals surface area contributed by atoms with Crippen molar-refractivity contribution in [3.05, 3.63) is 12.7 Å². The molecule has 8 heteroatoms. The summed E-state index contributed by atoms with van der Waals surface area (Å²) in [7, 11) is 5.98. The normalized spacial score (nSPS) is 28.9. The molecular formula is C21H36N4O4. The molecule has 3 aliphatic rings. The zero-order chi connectivity index (χ0) is 21.0. The van der Waals surface area contributed by atoms with Gasteiger partial charge in [-0.05, 0) is 39.9 Å². The largest absolute Gasteiger partial charge is 0.348 e. The van der Waals surface area contributed by atoms with Gasteiger partial charge >= 0.3 is 6.03 Å². The second kappa shape index (κ2) is 9.55. The molecule has 0 radical (unpaired) electrons. The average Bonchev–Trinajstić information content (AvgIpc) is 3.12. The predicted molar refractivity (Wildman–Crippen MR) is 110 cm³/mol. The van der Waals surface area contributed by atoms with Crippen LogP contribution in [0.2, 0.25) is 0 Å². The number of urea groups is 1. The molecule has 1 saturated carbocycles. The van der Waals surface area contributed by atoms with Gasteiger partial charge in [0, 0.05) is 45.1 Å². The lowest BCUT2D eigenvalue weighted by Gasteiger charge is -2.49. The van der Waals surface area contributed by atoms with E-state index < -0.39 is 5.79 Å². The molecule has 0 aromatic rings. The maximum Gasteiger partial charge on any atom is 0.324 e. The molecule has 0 aromatic carbocycles. The molecule has 3 rings (SSSR count). The monoisotopic (exact) mass is 408 g/mol. The fourth-order valence-electron chi connectivity index (χ4n) is 5.03. The van der Waals surface area contributed by atoms with Crippen LogP contribution < -0.4 is 5.32 Å². The van der Waals surface area contributed by atoms with E-state index in [4.69, 9.17) is 9.47 Å². The number of likely N-dealkylation sites (tertiary alicyclic amines) is 1. The first-order valence-corrected chi connectivity index (χ1v) is 10.7. The minimum Gasteiger partial charge on any atom is -0.348 e. The molecule has 0 unspecified atom stereocenters. The van der Waals surface area contributed by atoms with Gasteiger partial charge in [-0.1, -0.05) is 6.08 Å². The van der Waals surface area contributed by atoms with Crippen molar-refractivity contribution >= 4 is 11.9 Å². The molecule has 3 atom stereocenters. The summed E-state index contributed by atoms with van der Waals surface area (Å²) < 4.78 is 11.9.